The van der Waals surface area contributed by atoms with E-state index in [9.17, 15) is 9.59 Å². The van der Waals surface area contributed by atoms with Crippen molar-refractivity contribution in [2.45, 2.75) is 58.0 Å². The third-order valence-electron chi connectivity index (χ3n) is 6.69. The van der Waals surface area contributed by atoms with Gasteiger partial charge < -0.3 is 9.88 Å². The molecular weight excluding hydrogens is 424 g/mol. The quantitative estimate of drug-likeness (QED) is 0.456. The average Bonchev–Trinajstić information content (AvgIpc) is 3.25. The zero-order valence-corrected chi connectivity index (χ0v) is 19.5. The smallest absolute Gasteiger partial charge is 0.277 e. The van der Waals surface area contributed by atoms with Gasteiger partial charge in [0.1, 0.15) is 5.52 Å². The third-order valence-corrected chi connectivity index (χ3v) is 6.69. The van der Waals surface area contributed by atoms with Gasteiger partial charge in [0.2, 0.25) is 0 Å². The van der Waals surface area contributed by atoms with Gasteiger partial charge in [-0.25, -0.2) is 4.52 Å². The number of amides is 1. The molecule has 1 atom stereocenters. The van der Waals surface area contributed by atoms with Crippen molar-refractivity contribution in [3.63, 3.8) is 0 Å². The molecule has 0 unspecified atom stereocenters. The summed E-state index contributed by atoms with van der Waals surface area (Å²) in [5.41, 5.74) is 5.76. The maximum atomic E-state index is 13.2. The van der Waals surface area contributed by atoms with Gasteiger partial charge in [-0.2, -0.15) is 5.10 Å². The van der Waals surface area contributed by atoms with E-state index < -0.39 is 0 Å². The first-order valence-electron chi connectivity index (χ1n) is 12.1. The van der Waals surface area contributed by atoms with Crippen molar-refractivity contribution in [2.24, 2.45) is 0 Å². The molecule has 1 amide bonds. The van der Waals surface area contributed by atoms with Crippen molar-refractivity contribution in [3.8, 4) is 0 Å². The molecule has 1 N–H and O–H groups in total. The highest BCUT2D eigenvalue weighted by atomic mass is 16.1. The Balaban J connectivity index is 1.24. The summed E-state index contributed by atoms with van der Waals surface area (Å²) in [7, 11) is 0. The minimum absolute atomic E-state index is 0.00721. The van der Waals surface area contributed by atoms with Crippen LogP contribution in [-0.2, 0) is 25.8 Å². The fourth-order valence-corrected chi connectivity index (χ4v) is 4.75. The number of aromatic nitrogens is 3. The van der Waals surface area contributed by atoms with Crippen LogP contribution in [0, 0.1) is 0 Å². The van der Waals surface area contributed by atoms with Gasteiger partial charge in [0, 0.05) is 29.6 Å². The lowest BCUT2D eigenvalue weighted by atomic mass is 9.97. The third kappa shape index (κ3) is 4.67. The Morgan fingerprint density at radius 3 is 2.56 bits per heavy atom. The summed E-state index contributed by atoms with van der Waals surface area (Å²) in [6, 6.07) is 17.9. The van der Waals surface area contributed by atoms with E-state index in [1.54, 1.807) is 15.3 Å². The largest absolute Gasteiger partial charge is 0.350 e. The van der Waals surface area contributed by atoms with Crippen molar-refractivity contribution in [1.82, 2.24) is 19.5 Å². The molecule has 0 saturated carbocycles. The second-order valence-corrected chi connectivity index (χ2v) is 9.25. The normalized spacial score (nSPS) is 14.0. The van der Waals surface area contributed by atoms with Gasteiger partial charge in [-0.3, -0.25) is 9.59 Å². The van der Waals surface area contributed by atoms with E-state index in [1.807, 2.05) is 55.6 Å². The van der Waals surface area contributed by atoms with Crippen LogP contribution in [-0.4, -0.2) is 26.1 Å². The Kier molecular flexibility index (Phi) is 6.30. The Hall–Kier alpha value is -3.67. The molecule has 6 heteroatoms. The Morgan fingerprint density at radius 2 is 1.76 bits per heavy atom. The van der Waals surface area contributed by atoms with Crippen LogP contribution >= 0.6 is 0 Å². The summed E-state index contributed by atoms with van der Waals surface area (Å²) in [5.74, 6) is -0.0726. The van der Waals surface area contributed by atoms with Crippen molar-refractivity contribution in [1.29, 1.82) is 0 Å². The van der Waals surface area contributed by atoms with E-state index in [0.29, 0.717) is 17.6 Å². The van der Waals surface area contributed by atoms with Crippen LogP contribution in [0.5, 0.6) is 0 Å². The minimum atomic E-state index is -0.0726. The van der Waals surface area contributed by atoms with Gasteiger partial charge in [-0.15, -0.1) is 0 Å². The molecule has 4 aromatic rings. The van der Waals surface area contributed by atoms with Gasteiger partial charge in [0.05, 0.1) is 12.2 Å². The fraction of sp³-hybridized carbons (Fsp3) is 0.321. The number of hydrogen-bond acceptors (Lipinski definition) is 3. The molecule has 174 valence electrons. The van der Waals surface area contributed by atoms with Crippen LogP contribution in [0.2, 0.25) is 0 Å². The number of fused-ring (bicyclic) bond motifs is 3. The molecule has 0 radical (unpaired) electrons. The highest BCUT2D eigenvalue weighted by Crippen LogP contribution is 2.22. The monoisotopic (exact) mass is 454 g/mol. The molecule has 6 nitrogen and oxygen atoms in total. The zero-order chi connectivity index (χ0) is 23.5. The number of hydrogen-bond donors (Lipinski definition) is 1. The van der Waals surface area contributed by atoms with Gasteiger partial charge in [-0.05, 0) is 68.7 Å². The Bertz CT molecular complexity index is 1350. The maximum absolute atomic E-state index is 13.2. The topological polar surface area (TPSA) is 68.4 Å². The summed E-state index contributed by atoms with van der Waals surface area (Å²) < 4.78 is 3.47. The lowest BCUT2D eigenvalue weighted by Crippen LogP contribution is -2.32. The Morgan fingerprint density at radius 1 is 1.00 bits per heavy atom. The lowest BCUT2D eigenvalue weighted by molar-refractivity contribution is 0.0938. The number of nitrogens with zero attached hydrogens (tertiary/aromatic N) is 3. The predicted octanol–water partition coefficient (Wildman–Crippen LogP) is 4.17. The molecule has 2 aromatic heterocycles. The summed E-state index contributed by atoms with van der Waals surface area (Å²) in [4.78, 5) is 25.8. The minimum Gasteiger partial charge on any atom is -0.350 e. The maximum Gasteiger partial charge on any atom is 0.277 e. The molecule has 2 heterocycles. The standard InChI is InChI=1S/C28H30N4O2/c1-20(11-12-21-7-3-2-4-8-21)29-27(33)23-15-13-22(14-16-23)19-31-17-18-32-26(28(31)34)24-9-5-6-10-25(24)30-32/h2-4,7-8,13-18,20H,5-6,9-12,19H2,1H3,(H,29,33)/t20-/m0/s1. The highest BCUT2D eigenvalue weighted by molar-refractivity contribution is 5.94. The first-order valence-corrected chi connectivity index (χ1v) is 12.1. The van der Waals surface area contributed by atoms with Gasteiger partial charge in [-0.1, -0.05) is 42.5 Å². The van der Waals surface area contributed by atoms with Crippen LogP contribution in [0.25, 0.3) is 5.52 Å². The average molecular weight is 455 g/mol. The second-order valence-electron chi connectivity index (χ2n) is 9.25. The van der Waals surface area contributed by atoms with Crippen LogP contribution in [0.1, 0.15) is 58.9 Å². The van der Waals surface area contributed by atoms with E-state index >= 15 is 0 Å². The number of rotatable bonds is 7. The number of carbonyl (C=O) groups is 1. The van der Waals surface area contributed by atoms with E-state index in [0.717, 1.165) is 55.3 Å². The zero-order valence-electron chi connectivity index (χ0n) is 19.5. The number of benzene rings is 2. The molecule has 1 aliphatic rings. The van der Waals surface area contributed by atoms with Crippen LogP contribution in [0.4, 0.5) is 0 Å². The number of nitrogens with one attached hydrogen (secondary N) is 1. The molecule has 2 aromatic carbocycles. The van der Waals surface area contributed by atoms with E-state index in [2.05, 4.69) is 22.5 Å². The summed E-state index contributed by atoms with van der Waals surface area (Å²) >= 11 is 0. The highest BCUT2D eigenvalue weighted by Gasteiger charge is 2.19. The van der Waals surface area contributed by atoms with E-state index in [4.69, 9.17) is 0 Å². The van der Waals surface area contributed by atoms with E-state index in [-0.39, 0.29) is 17.5 Å². The first-order chi connectivity index (χ1) is 16.6. The van der Waals surface area contributed by atoms with Crippen molar-refractivity contribution >= 4 is 11.4 Å². The van der Waals surface area contributed by atoms with E-state index in [1.165, 1.54) is 5.56 Å². The molecule has 0 spiro atoms. The molecule has 0 fully saturated rings. The Labute approximate surface area is 199 Å². The molecular formula is C28H30N4O2. The molecule has 0 saturated heterocycles. The molecule has 0 aliphatic heterocycles. The first kappa shape index (κ1) is 22.1. The van der Waals surface area contributed by atoms with Crippen LogP contribution in [0.3, 0.4) is 0 Å². The van der Waals surface area contributed by atoms with Crippen molar-refractivity contribution in [2.75, 3.05) is 0 Å². The van der Waals surface area contributed by atoms with Crippen LogP contribution in [0.15, 0.2) is 71.8 Å². The predicted molar refractivity (Wildman–Crippen MR) is 133 cm³/mol. The van der Waals surface area contributed by atoms with Crippen molar-refractivity contribution in [3.05, 3.63) is 105 Å². The van der Waals surface area contributed by atoms with Crippen LogP contribution < -0.4 is 10.9 Å². The van der Waals surface area contributed by atoms with Gasteiger partial charge >= 0.3 is 0 Å². The number of aryl methyl sites for hydroxylation is 3. The van der Waals surface area contributed by atoms with Gasteiger partial charge in [0.25, 0.3) is 11.5 Å². The molecule has 0 bridgehead atoms. The number of carbonyl (C=O) groups excluding carboxylic acids is 1. The van der Waals surface area contributed by atoms with Crippen molar-refractivity contribution < 1.29 is 4.79 Å². The lowest BCUT2D eigenvalue weighted by Gasteiger charge is -2.14. The van der Waals surface area contributed by atoms with Gasteiger partial charge in [0.15, 0.2) is 0 Å². The fourth-order valence-electron chi connectivity index (χ4n) is 4.75. The summed E-state index contributed by atoms with van der Waals surface area (Å²) in [6.07, 6.45) is 9.60. The SMILES string of the molecule is C[C@@H](CCc1ccccc1)NC(=O)c1ccc(Cn2ccn3nc4c(c3c2=O)CCCC4)cc1. The summed E-state index contributed by atoms with van der Waals surface area (Å²) in [6.45, 7) is 2.50. The molecule has 5 rings (SSSR count). The molecule has 1 aliphatic carbocycles. The molecule has 34 heavy (non-hydrogen) atoms. The summed E-state index contributed by atoms with van der Waals surface area (Å²) in [5, 5.41) is 7.69. The second kappa shape index (κ2) is 9.67.